The van der Waals surface area contributed by atoms with Crippen LogP contribution in [0.1, 0.15) is 4.88 Å². The van der Waals surface area contributed by atoms with E-state index < -0.39 is 0 Å². The third kappa shape index (κ3) is 1.62. The number of benzene rings is 1. The number of hydrogen-bond donors (Lipinski definition) is 1. The molecular weight excluding hydrogens is 198 g/mol. The molecule has 5 heteroatoms. The second-order valence-electron chi connectivity index (χ2n) is 2.60. The highest BCUT2D eigenvalue weighted by Gasteiger charge is 2.07. The van der Waals surface area contributed by atoms with E-state index in [1.54, 1.807) is 0 Å². The summed E-state index contributed by atoms with van der Waals surface area (Å²) in [4.78, 5) is 0.749. The number of hydrogen-bond acceptors (Lipinski definition) is 5. The van der Waals surface area contributed by atoms with E-state index in [-0.39, 0.29) is 0 Å². The Morgan fingerprint density at radius 2 is 2.07 bits per heavy atom. The Balaban J connectivity index is 2.47. The van der Waals surface area contributed by atoms with Crippen molar-refractivity contribution in [2.45, 2.75) is 0 Å². The fraction of sp³-hybridized carbons (Fsp3) is 0. The average molecular weight is 205 g/mol. The maximum Gasteiger partial charge on any atom is 0.114 e. The lowest BCUT2D eigenvalue weighted by molar-refractivity contribution is 0.322. The van der Waals surface area contributed by atoms with Gasteiger partial charge in [-0.2, -0.15) is 0 Å². The fourth-order valence-electron chi connectivity index (χ4n) is 1.13. The first-order valence-electron chi connectivity index (χ1n) is 3.97. The second kappa shape index (κ2) is 3.97. The molecule has 1 N–H and O–H groups in total. The van der Waals surface area contributed by atoms with Crippen LogP contribution in [0.25, 0.3) is 11.3 Å². The van der Waals surface area contributed by atoms with Gasteiger partial charge in [-0.1, -0.05) is 40.0 Å². The Kier molecular flexibility index (Phi) is 2.51. The largest absolute Gasteiger partial charge is 0.411 e. The van der Waals surface area contributed by atoms with Gasteiger partial charge in [0.25, 0.3) is 0 Å². The van der Waals surface area contributed by atoms with E-state index in [4.69, 9.17) is 5.21 Å². The Labute approximate surface area is 84.7 Å². The third-order valence-corrected chi connectivity index (χ3v) is 2.39. The van der Waals surface area contributed by atoms with Crippen molar-refractivity contribution in [1.29, 1.82) is 0 Å². The maximum atomic E-state index is 8.43. The van der Waals surface area contributed by atoms with Gasteiger partial charge >= 0.3 is 0 Å². The van der Waals surface area contributed by atoms with Crippen molar-refractivity contribution in [1.82, 2.24) is 9.59 Å². The molecule has 0 fully saturated rings. The standard InChI is InChI=1S/C9H7N3OS/c13-10-6-8-9(11-12-14-8)7-4-2-1-3-5-7/h1-6,13H/b10-6-. The average Bonchev–Trinajstić information content (AvgIpc) is 2.68. The van der Waals surface area contributed by atoms with Gasteiger partial charge in [-0.3, -0.25) is 0 Å². The van der Waals surface area contributed by atoms with E-state index in [9.17, 15) is 0 Å². The van der Waals surface area contributed by atoms with Crippen LogP contribution < -0.4 is 0 Å². The zero-order valence-electron chi connectivity index (χ0n) is 7.16. The van der Waals surface area contributed by atoms with Crippen LogP contribution in [-0.4, -0.2) is 21.0 Å². The van der Waals surface area contributed by atoms with Crippen LogP contribution in [0, 0.1) is 0 Å². The fourth-order valence-corrected chi connectivity index (χ4v) is 1.68. The molecule has 0 amide bonds. The highest BCUT2D eigenvalue weighted by atomic mass is 32.1. The number of nitrogens with zero attached hydrogens (tertiary/aromatic N) is 3. The van der Waals surface area contributed by atoms with Crippen LogP contribution in [0.4, 0.5) is 0 Å². The van der Waals surface area contributed by atoms with Crippen molar-refractivity contribution < 1.29 is 5.21 Å². The van der Waals surface area contributed by atoms with Crippen molar-refractivity contribution >= 4 is 17.7 Å². The van der Waals surface area contributed by atoms with E-state index in [0.717, 1.165) is 16.1 Å². The van der Waals surface area contributed by atoms with Crippen molar-refractivity contribution in [2.75, 3.05) is 0 Å². The Morgan fingerprint density at radius 1 is 1.29 bits per heavy atom. The molecule has 2 aromatic rings. The van der Waals surface area contributed by atoms with Crippen LogP contribution in [0.15, 0.2) is 35.5 Å². The predicted octanol–water partition coefficient (Wildman–Crippen LogP) is 2.01. The Hall–Kier alpha value is -1.75. The van der Waals surface area contributed by atoms with Crippen LogP contribution in [0.5, 0.6) is 0 Å². The van der Waals surface area contributed by atoms with E-state index in [2.05, 4.69) is 14.7 Å². The molecule has 0 bridgehead atoms. The summed E-state index contributed by atoms with van der Waals surface area (Å²) in [5.74, 6) is 0. The molecular formula is C9H7N3OS. The van der Waals surface area contributed by atoms with Gasteiger partial charge in [-0.05, 0) is 11.5 Å². The van der Waals surface area contributed by atoms with E-state index in [1.165, 1.54) is 17.7 Å². The molecule has 1 aromatic carbocycles. The summed E-state index contributed by atoms with van der Waals surface area (Å²) in [6.45, 7) is 0. The van der Waals surface area contributed by atoms with Gasteiger partial charge < -0.3 is 5.21 Å². The molecule has 1 heterocycles. The smallest absolute Gasteiger partial charge is 0.114 e. The third-order valence-electron chi connectivity index (χ3n) is 1.74. The summed E-state index contributed by atoms with van der Waals surface area (Å²) in [6, 6.07) is 9.66. The molecule has 0 spiro atoms. The zero-order chi connectivity index (χ0) is 9.80. The lowest BCUT2D eigenvalue weighted by atomic mass is 10.1. The van der Waals surface area contributed by atoms with Gasteiger partial charge in [0.1, 0.15) is 5.69 Å². The lowest BCUT2D eigenvalue weighted by Gasteiger charge is -1.94. The minimum absolute atomic E-state index is 0.744. The lowest BCUT2D eigenvalue weighted by Crippen LogP contribution is -1.83. The van der Waals surface area contributed by atoms with Gasteiger partial charge in [-0.15, -0.1) is 5.10 Å². The maximum absolute atomic E-state index is 8.43. The predicted molar refractivity (Wildman–Crippen MR) is 54.7 cm³/mol. The highest BCUT2D eigenvalue weighted by molar-refractivity contribution is 7.07. The molecule has 0 unspecified atom stereocenters. The summed E-state index contributed by atoms with van der Waals surface area (Å²) in [5, 5.41) is 15.4. The van der Waals surface area contributed by atoms with E-state index >= 15 is 0 Å². The number of rotatable bonds is 2. The van der Waals surface area contributed by atoms with Gasteiger partial charge in [-0.25, -0.2) is 0 Å². The molecule has 4 nitrogen and oxygen atoms in total. The normalized spacial score (nSPS) is 10.9. The molecule has 0 saturated carbocycles. The van der Waals surface area contributed by atoms with Gasteiger partial charge in [0.15, 0.2) is 0 Å². The van der Waals surface area contributed by atoms with E-state index in [1.807, 2.05) is 30.3 Å². The second-order valence-corrected chi connectivity index (χ2v) is 3.38. The molecule has 0 radical (unpaired) electrons. The van der Waals surface area contributed by atoms with Crippen molar-refractivity contribution in [3.63, 3.8) is 0 Å². The Morgan fingerprint density at radius 3 is 2.79 bits per heavy atom. The van der Waals surface area contributed by atoms with E-state index in [0.29, 0.717) is 0 Å². The molecule has 0 atom stereocenters. The molecule has 2 rings (SSSR count). The van der Waals surface area contributed by atoms with Crippen LogP contribution >= 0.6 is 11.5 Å². The van der Waals surface area contributed by atoms with Crippen molar-refractivity contribution in [2.24, 2.45) is 5.16 Å². The first-order chi connectivity index (χ1) is 6.92. The summed E-state index contributed by atoms with van der Waals surface area (Å²) >= 11 is 1.20. The van der Waals surface area contributed by atoms with Crippen molar-refractivity contribution in [3.05, 3.63) is 35.2 Å². The minimum Gasteiger partial charge on any atom is -0.411 e. The van der Waals surface area contributed by atoms with Gasteiger partial charge in [0.05, 0.1) is 11.1 Å². The van der Waals surface area contributed by atoms with Gasteiger partial charge in [0, 0.05) is 5.56 Å². The summed E-state index contributed by atoms with van der Waals surface area (Å²) in [7, 11) is 0. The van der Waals surface area contributed by atoms with Gasteiger partial charge in [0.2, 0.25) is 0 Å². The number of aromatic nitrogens is 2. The summed E-state index contributed by atoms with van der Waals surface area (Å²) in [6.07, 6.45) is 1.34. The van der Waals surface area contributed by atoms with Crippen molar-refractivity contribution in [3.8, 4) is 11.3 Å². The molecule has 0 aliphatic heterocycles. The Bertz CT molecular complexity index is 438. The summed E-state index contributed by atoms with van der Waals surface area (Å²) < 4.78 is 3.81. The van der Waals surface area contributed by atoms with Crippen LogP contribution in [0.3, 0.4) is 0 Å². The molecule has 70 valence electrons. The molecule has 0 aliphatic carbocycles. The summed E-state index contributed by atoms with van der Waals surface area (Å²) in [5.41, 5.74) is 1.71. The SMILES string of the molecule is O/N=C\c1snnc1-c1ccccc1. The first-order valence-corrected chi connectivity index (χ1v) is 4.74. The van der Waals surface area contributed by atoms with Crippen LogP contribution in [-0.2, 0) is 0 Å². The first kappa shape index (κ1) is 8.83. The highest BCUT2D eigenvalue weighted by Crippen LogP contribution is 2.21. The molecule has 1 aromatic heterocycles. The number of oxime groups is 1. The zero-order valence-corrected chi connectivity index (χ0v) is 7.98. The minimum atomic E-state index is 0.744. The topological polar surface area (TPSA) is 58.4 Å². The van der Waals surface area contributed by atoms with Crippen LogP contribution in [0.2, 0.25) is 0 Å². The monoisotopic (exact) mass is 205 g/mol. The molecule has 0 saturated heterocycles. The molecule has 0 aliphatic rings. The quantitative estimate of drug-likeness (QED) is 0.463. The molecule has 14 heavy (non-hydrogen) atoms.